The first kappa shape index (κ1) is 20.6. The molecule has 0 atom stereocenters. The molecule has 0 aliphatic heterocycles. The highest BCUT2D eigenvalue weighted by Gasteiger charge is 2.28. The van der Waals surface area contributed by atoms with Crippen LogP contribution in [0.25, 0.3) is 0 Å². The van der Waals surface area contributed by atoms with Gasteiger partial charge in [0, 0.05) is 23.8 Å². The molecule has 0 saturated heterocycles. The summed E-state index contributed by atoms with van der Waals surface area (Å²) in [6.45, 7) is 9.85. The van der Waals surface area contributed by atoms with Crippen molar-refractivity contribution in [3.8, 4) is 0 Å². The van der Waals surface area contributed by atoms with Crippen LogP contribution in [0.1, 0.15) is 56.9 Å². The molecule has 0 unspecified atom stereocenters. The van der Waals surface area contributed by atoms with E-state index in [1.807, 2.05) is 39.2 Å². The summed E-state index contributed by atoms with van der Waals surface area (Å²) in [5.74, 6) is 1.83. The highest BCUT2D eigenvalue weighted by atomic mass is 35.5. The first-order chi connectivity index (χ1) is 12.3. The fourth-order valence-electron chi connectivity index (χ4n) is 2.41. The molecule has 0 aromatic carbocycles. The second-order valence-electron chi connectivity index (χ2n) is 7.11. The van der Waals surface area contributed by atoms with Crippen LogP contribution < -0.4 is 4.90 Å². The van der Waals surface area contributed by atoms with Crippen LogP contribution in [-0.2, 0) is 16.1 Å². The van der Waals surface area contributed by atoms with Gasteiger partial charge in [-0.25, -0.2) is 9.97 Å². The molecular formula is C19H26ClN3O2S. The number of carbonyl (C=O) groups is 1. The van der Waals surface area contributed by atoms with Gasteiger partial charge in [-0.15, -0.1) is 11.3 Å². The molecule has 26 heavy (non-hydrogen) atoms. The number of anilines is 1. The molecule has 0 amide bonds. The summed E-state index contributed by atoms with van der Waals surface area (Å²) in [7, 11) is 0. The molecule has 5 nitrogen and oxygen atoms in total. The van der Waals surface area contributed by atoms with Crippen LogP contribution in [0.4, 0.5) is 5.82 Å². The van der Waals surface area contributed by atoms with Crippen molar-refractivity contribution in [3.63, 3.8) is 0 Å². The summed E-state index contributed by atoms with van der Waals surface area (Å²) in [5, 5.41) is 0. The molecule has 1 aliphatic carbocycles. The molecule has 142 valence electrons. The van der Waals surface area contributed by atoms with E-state index >= 15 is 0 Å². The SMILES string of the molecule is CC(C)(C)OC=O.CCN(Cc1cnc(Cl)s1)c1ncccc1C1CC1. The first-order valence-corrected chi connectivity index (χ1v) is 9.95. The molecule has 1 fully saturated rings. The Hall–Kier alpha value is -1.66. The predicted molar refractivity (Wildman–Crippen MR) is 107 cm³/mol. The lowest BCUT2D eigenvalue weighted by molar-refractivity contribution is -0.138. The van der Waals surface area contributed by atoms with Crippen LogP contribution in [0.5, 0.6) is 0 Å². The second-order valence-corrected chi connectivity index (χ2v) is 8.81. The molecule has 0 radical (unpaired) electrons. The number of ether oxygens (including phenoxy) is 1. The van der Waals surface area contributed by atoms with Gasteiger partial charge in [-0.3, -0.25) is 4.79 Å². The number of thiazole rings is 1. The zero-order valence-electron chi connectivity index (χ0n) is 15.7. The minimum absolute atomic E-state index is 0.318. The van der Waals surface area contributed by atoms with Crippen LogP contribution >= 0.6 is 22.9 Å². The fourth-order valence-corrected chi connectivity index (χ4v) is 3.41. The third-order valence-electron chi connectivity index (χ3n) is 3.79. The van der Waals surface area contributed by atoms with E-state index in [0.717, 1.165) is 18.9 Å². The molecule has 1 saturated carbocycles. The molecule has 2 aromatic rings. The van der Waals surface area contributed by atoms with Gasteiger partial charge >= 0.3 is 0 Å². The lowest BCUT2D eigenvalue weighted by atomic mass is 10.1. The van der Waals surface area contributed by atoms with E-state index in [9.17, 15) is 4.79 Å². The van der Waals surface area contributed by atoms with Gasteiger partial charge in [0.25, 0.3) is 6.47 Å². The summed E-state index contributed by atoms with van der Waals surface area (Å²) in [4.78, 5) is 21.8. The Morgan fingerprint density at radius 2 is 2.12 bits per heavy atom. The Morgan fingerprint density at radius 1 is 1.38 bits per heavy atom. The van der Waals surface area contributed by atoms with Gasteiger partial charge in [0.15, 0.2) is 4.47 Å². The van der Waals surface area contributed by atoms with Crippen LogP contribution in [-0.4, -0.2) is 28.6 Å². The van der Waals surface area contributed by atoms with Gasteiger partial charge in [-0.2, -0.15) is 0 Å². The largest absolute Gasteiger partial charge is 0.462 e. The minimum atomic E-state index is -0.318. The van der Waals surface area contributed by atoms with E-state index in [0.29, 0.717) is 16.9 Å². The van der Waals surface area contributed by atoms with E-state index in [1.165, 1.54) is 23.3 Å². The number of hydrogen-bond acceptors (Lipinski definition) is 6. The Balaban J connectivity index is 0.000000298. The van der Waals surface area contributed by atoms with E-state index in [2.05, 4.69) is 32.6 Å². The summed E-state index contributed by atoms with van der Waals surface area (Å²) in [5.41, 5.74) is 1.07. The van der Waals surface area contributed by atoms with E-state index in [4.69, 9.17) is 11.6 Å². The van der Waals surface area contributed by atoms with Crippen molar-refractivity contribution < 1.29 is 9.53 Å². The van der Waals surface area contributed by atoms with Crippen LogP contribution in [0.15, 0.2) is 24.5 Å². The van der Waals surface area contributed by atoms with Crippen molar-refractivity contribution in [1.29, 1.82) is 0 Å². The lowest BCUT2D eigenvalue weighted by Crippen LogP contribution is -2.23. The number of carbonyl (C=O) groups excluding carboxylic acids is 1. The highest BCUT2D eigenvalue weighted by Crippen LogP contribution is 2.43. The van der Waals surface area contributed by atoms with E-state index < -0.39 is 0 Å². The summed E-state index contributed by atoms with van der Waals surface area (Å²) in [6, 6.07) is 4.25. The quantitative estimate of drug-likeness (QED) is 0.640. The third kappa shape index (κ3) is 6.57. The van der Waals surface area contributed by atoms with Crippen LogP contribution in [0.3, 0.4) is 0 Å². The molecule has 2 heterocycles. The van der Waals surface area contributed by atoms with Gasteiger partial charge < -0.3 is 9.64 Å². The lowest BCUT2D eigenvalue weighted by Gasteiger charge is -2.23. The Kier molecular flexibility index (Phi) is 7.41. The maximum atomic E-state index is 9.60. The number of pyridine rings is 1. The molecule has 0 N–H and O–H groups in total. The predicted octanol–water partition coefficient (Wildman–Crippen LogP) is 5.05. The number of halogens is 1. The van der Waals surface area contributed by atoms with Gasteiger partial charge in [-0.1, -0.05) is 17.7 Å². The maximum absolute atomic E-state index is 9.60. The molecule has 7 heteroatoms. The number of nitrogens with zero attached hydrogens (tertiary/aromatic N) is 3. The molecule has 1 aliphatic rings. The van der Waals surface area contributed by atoms with E-state index in [1.54, 1.807) is 11.3 Å². The average molecular weight is 396 g/mol. The molecular weight excluding hydrogens is 370 g/mol. The summed E-state index contributed by atoms with van der Waals surface area (Å²) in [6.07, 6.45) is 6.32. The van der Waals surface area contributed by atoms with Gasteiger partial charge in [0.1, 0.15) is 11.4 Å². The monoisotopic (exact) mass is 395 g/mol. The fraction of sp³-hybridized carbons (Fsp3) is 0.526. The minimum Gasteiger partial charge on any atom is -0.462 e. The standard InChI is InChI=1S/C14H16ClN3S.C5H10O2/c1-2-18(9-11-8-17-14(15)19-11)13-12(10-5-6-10)4-3-7-16-13;1-5(2,3)7-4-6/h3-4,7-8,10H,2,5-6,9H2,1H3;4H,1-3H3. The zero-order valence-corrected chi connectivity index (χ0v) is 17.3. The smallest absolute Gasteiger partial charge is 0.293 e. The van der Waals surface area contributed by atoms with Crippen molar-refractivity contribution in [3.05, 3.63) is 39.4 Å². The third-order valence-corrected chi connectivity index (χ3v) is 4.89. The number of aromatic nitrogens is 2. The number of hydrogen-bond donors (Lipinski definition) is 0. The Bertz CT molecular complexity index is 711. The molecule has 2 aromatic heterocycles. The van der Waals surface area contributed by atoms with Crippen molar-refractivity contribution in [2.24, 2.45) is 0 Å². The van der Waals surface area contributed by atoms with Crippen molar-refractivity contribution >= 4 is 35.2 Å². The van der Waals surface area contributed by atoms with Gasteiger partial charge in [0.05, 0.1) is 6.54 Å². The maximum Gasteiger partial charge on any atom is 0.293 e. The highest BCUT2D eigenvalue weighted by molar-refractivity contribution is 7.15. The second kappa shape index (κ2) is 9.33. The number of rotatable bonds is 6. The molecule has 0 spiro atoms. The topological polar surface area (TPSA) is 55.3 Å². The Morgan fingerprint density at radius 3 is 2.58 bits per heavy atom. The Labute approximate surface area is 164 Å². The van der Waals surface area contributed by atoms with Gasteiger partial charge in [0.2, 0.25) is 0 Å². The molecule has 0 bridgehead atoms. The van der Waals surface area contributed by atoms with Crippen LogP contribution in [0.2, 0.25) is 4.47 Å². The van der Waals surface area contributed by atoms with Gasteiger partial charge in [-0.05, 0) is 58.1 Å². The van der Waals surface area contributed by atoms with E-state index in [-0.39, 0.29) is 5.60 Å². The van der Waals surface area contributed by atoms with Crippen molar-refractivity contribution in [1.82, 2.24) is 9.97 Å². The average Bonchev–Trinajstić information content (AvgIpc) is 3.35. The van der Waals surface area contributed by atoms with Crippen LogP contribution in [0, 0.1) is 0 Å². The first-order valence-electron chi connectivity index (χ1n) is 8.75. The van der Waals surface area contributed by atoms with Crippen molar-refractivity contribution in [2.75, 3.05) is 11.4 Å². The van der Waals surface area contributed by atoms with Crippen molar-refractivity contribution in [2.45, 2.75) is 58.6 Å². The summed E-state index contributed by atoms with van der Waals surface area (Å²) >= 11 is 7.44. The summed E-state index contributed by atoms with van der Waals surface area (Å²) < 4.78 is 5.15. The zero-order chi connectivity index (χ0) is 19.2. The molecule has 3 rings (SSSR count). The normalized spacial score (nSPS) is 13.6.